The Morgan fingerprint density at radius 1 is 1.12 bits per heavy atom. The van der Waals surface area contributed by atoms with Crippen molar-refractivity contribution in [3.05, 3.63) is 53.6 Å². The van der Waals surface area contributed by atoms with Crippen LogP contribution in [0.25, 0.3) is 0 Å². The second-order valence-electron chi connectivity index (χ2n) is 6.54. The number of rotatable bonds is 7. The minimum Gasteiger partial charge on any atom is -0.493 e. The lowest BCUT2D eigenvalue weighted by atomic mass is 10.0. The number of hydrogen-bond acceptors (Lipinski definition) is 4. The zero-order chi connectivity index (χ0) is 18.4. The van der Waals surface area contributed by atoms with E-state index in [0.717, 1.165) is 22.8 Å². The van der Waals surface area contributed by atoms with Gasteiger partial charge in [-0.15, -0.1) is 0 Å². The number of para-hydroxylation sites is 1. The Bertz CT molecular complexity index is 740. The molecule has 1 N–H and O–H groups in total. The van der Waals surface area contributed by atoms with E-state index >= 15 is 0 Å². The molecule has 3 rings (SSSR count). The average molecular weight is 355 g/mol. The van der Waals surface area contributed by atoms with Crippen LogP contribution in [0, 0.1) is 0 Å². The van der Waals surface area contributed by atoms with Crippen molar-refractivity contribution in [2.45, 2.75) is 32.7 Å². The van der Waals surface area contributed by atoms with E-state index in [2.05, 4.69) is 31.3 Å². The van der Waals surface area contributed by atoms with Crippen molar-refractivity contribution in [1.82, 2.24) is 5.32 Å². The first-order chi connectivity index (χ1) is 12.6. The van der Waals surface area contributed by atoms with Crippen LogP contribution >= 0.6 is 0 Å². The second kappa shape index (κ2) is 8.61. The summed E-state index contributed by atoms with van der Waals surface area (Å²) in [6.07, 6.45) is 0.304. The molecule has 0 fully saturated rings. The van der Waals surface area contributed by atoms with E-state index in [1.165, 1.54) is 5.56 Å². The van der Waals surface area contributed by atoms with Crippen LogP contribution < -0.4 is 19.5 Å². The van der Waals surface area contributed by atoms with Gasteiger partial charge in [0.15, 0.2) is 11.5 Å². The maximum absolute atomic E-state index is 12.1. The number of carbonyl (C=O) groups excluding carboxylic acids is 1. The predicted octanol–water partition coefficient (Wildman–Crippen LogP) is 3.67. The number of amides is 1. The van der Waals surface area contributed by atoms with E-state index in [1.807, 2.05) is 30.3 Å². The summed E-state index contributed by atoms with van der Waals surface area (Å²) < 4.78 is 16.8. The van der Waals surface area contributed by atoms with Crippen molar-refractivity contribution in [2.75, 3.05) is 19.8 Å². The topological polar surface area (TPSA) is 56.8 Å². The largest absolute Gasteiger partial charge is 0.493 e. The first kappa shape index (κ1) is 18.1. The number of ether oxygens (including phenoxy) is 3. The van der Waals surface area contributed by atoms with Gasteiger partial charge in [0.05, 0.1) is 13.0 Å². The van der Waals surface area contributed by atoms with Gasteiger partial charge in [0, 0.05) is 12.1 Å². The molecule has 5 heteroatoms. The summed E-state index contributed by atoms with van der Waals surface area (Å²) in [7, 11) is 0. The van der Waals surface area contributed by atoms with Crippen LogP contribution in [0.2, 0.25) is 0 Å². The molecule has 5 nitrogen and oxygen atoms in total. The highest BCUT2D eigenvalue weighted by Crippen LogP contribution is 2.33. The molecule has 2 aromatic rings. The van der Waals surface area contributed by atoms with Gasteiger partial charge in [0.25, 0.3) is 0 Å². The van der Waals surface area contributed by atoms with Crippen molar-refractivity contribution in [3.8, 4) is 17.2 Å². The summed E-state index contributed by atoms with van der Waals surface area (Å²) in [6, 6.07) is 13.7. The molecule has 1 heterocycles. The SMILES string of the molecule is CC(C)c1ccc(OCCC(=O)NCc2cccc3c2OCCO3)cc1. The predicted molar refractivity (Wildman–Crippen MR) is 99.9 cm³/mol. The quantitative estimate of drug-likeness (QED) is 0.823. The van der Waals surface area contributed by atoms with Crippen LogP contribution in [0.1, 0.15) is 37.3 Å². The number of fused-ring (bicyclic) bond motifs is 1. The highest BCUT2D eigenvalue weighted by molar-refractivity contribution is 5.76. The second-order valence-corrected chi connectivity index (χ2v) is 6.54. The highest BCUT2D eigenvalue weighted by atomic mass is 16.6. The lowest BCUT2D eigenvalue weighted by Gasteiger charge is -2.21. The fourth-order valence-corrected chi connectivity index (χ4v) is 2.77. The Balaban J connectivity index is 1.43. The molecule has 0 aliphatic carbocycles. The molecule has 1 aliphatic rings. The Morgan fingerprint density at radius 3 is 2.65 bits per heavy atom. The lowest BCUT2D eigenvalue weighted by molar-refractivity contribution is -0.121. The van der Waals surface area contributed by atoms with Crippen LogP contribution in [0.15, 0.2) is 42.5 Å². The Morgan fingerprint density at radius 2 is 1.88 bits per heavy atom. The van der Waals surface area contributed by atoms with Gasteiger partial charge in [-0.25, -0.2) is 0 Å². The average Bonchev–Trinajstić information content (AvgIpc) is 2.66. The van der Waals surface area contributed by atoms with Gasteiger partial charge in [0.1, 0.15) is 19.0 Å². The van der Waals surface area contributed by atoms with E-state index in [1.54, 1.807) is 0 Å². The van der Waals surface area contributed by atoms with Gasteiger partial charge < -0.3 is 19.5 Å². The van der Waals surface area contributed by atoms with Crippen molar-refractivity contribution in [2.24, 2.45) is 0 Å². The van der Waals surface area contributed by atoms with Crippen LogP contribution in [0.5, 0.6) is 17.2 Å². The first-order valence-corrected chi connectivity index (χ1v) is 9.00. The lowest BCUT2D eigenvalue weighted by Crippen LogP contribution is -2.25. The third kappa shape index (κ3) is 4.69. The maximum Gasteiger partial charge on any atom is 0.223 e. The zero-order valence-electron chi connectivity index (χ0n) is 15.3. The number of carbonyl (C=O) groups is 1. The highest BCUT2D eigenvalue weighted by Gasteiger charge is 2.15. The zero-order valence-corrected chi connectivity index (χ0v) is 15.3. The van der Waals surface area contributed by atoms with Gasteiger partial charge in [-0.1, -0.05) is 38.1 Å². The first-order valence-electron chi connectivity index (χ1n) is 9.00. The van der Waals surface area contributed by atoms with E-state index < -0.39 is 0 Å². The van der Waals surface area contributed by atoms with Gasteiger partial charge >= 0.3 is 0 Å². The van der Waals surface area contributed by atoms with E-state index in [-0.39, 0.29) is 5.91 Å². The normalized spacial score (nSPS) is 12.7. The van der Waals surface area contributed by atoms with E-state index in [0.29, 0.717) is 38.7 Å². The van der Waals surface area contributed by atoms with Crippen LogP contribution in [-0.2, 0) is 11.3 Å². The molecule has 1 aliphatic heterocycles. The molecule has 26 heavy (non-hydrogen) atoms. The van der Waals surface area contributed by atoms with E-state index in [9.17, 15) is 4.79 Å². The molecular formula is C21H25NO4. The minimum atomic E-state index is -0.0573. The van der Waals surface area contributed by atoms with E-state index in [4.69, 9.17) is 14.2 Å². The summed E-state index contributed by atoms with van der Waals surface area (Å²) in [6.45, 7) is 6.15. The van der Waals surface area contributed by atoms with Crippen molar-refractivity contribution < 1.29 is 19.0 Å². The third-order valence-electron chi connectivity index (χ3n) is 4.27. The number of nitrogens with one attached hydrogen (secondary N) is 1. The molecule has 0 unspecified atom stereocenters. The molecular weight excluding hydrogens is 330 g/mol. The summed E-state index contributed by atoms with van der Waals surface area (Å²) >= 11 is 0. The molecule has 138 valence electrons. The molecule has 0 aromatic heterocycles. The molecule has 0 bridgehead atoms. The van der Waals surface area contributed by atoms with Gasteiger partial charge in [-0.05, 0) is 29.7 Å². The molecule has 0 atom stereocenters. The summed E-state index contributed by atoms with van der Waals surface area (Å²) in [5.74, 6) is 2.67. The standard InChI is InChI=1S/C21H25NO4/c1-15(2)16-6-8-18(9-7-16)24-11-10-20(23)22-14-17-4-3-5-19-21(17)26-13-12-25-19/h3-9,15H,10-14H2,1-2H3,(H,22,23). The summed E-state index contributed by atoms with van der Waals surface area (Å²) in [5.41, 5.74) is 2.19. The maximum atomic E-state index is 12.1. The van der Waals surface area contributed by atoms with Crippen molar-refractivity contribution >= 4 is 5.91 Å². The smallest absolute Gasteiger partial charge is 0.223 e. The van der Waals surface area contributed by atoms with Crippen LogP contribution in [-0.4, -0.2) is 25.7 Å². The molecule has 1 amide bonds. The van der Waals surface area contributed by atoms with Crippen LogP contribution in [0.4, 0.5) is 0 Å². The van der Waals surface area contributed by atoms with Gasteiger partial charge in [-0.3, -0.25) is 4.79 Å². The van der Waals surface area contributed by atoms with Gasteiger partial charge in [-0.2, -0.15) is 0 Å². The Hall–Kier alpha value is -2.69. The number of hydrogen-bond donors (Lipinski definition) is 1. The Kier molecular flexibility index (Phi) is 6.00. The fraction of sp³-hybridized carbons (Fsp3) is 0.381. The molecule has 0 saturated carbocycles. The molecule has 0 spiro atoms. The monoisotopic (exact) mass is 355 g/mol. The molecule has 0 radical (unpaired) electrons. The number of benzene rings is 2. The van der Waals surface area contributed by atoms with Crippen LogP contribution in [0.3, 0.4) is 0 Å². The van der Waals surface area contributed by atoms with Gasteiger partial charge in [0.2, 0.25) is 5.91 Å². The molecule has 2 aromatic carbocycles. The third-order valence-corrected chi connectivity index (χ3v) is 4.27. The summed E-state index contributed by atoms with van der Waals surface area (Å²) in [4.78, 5) is 12.1. The minimum absolute atomic E-state index is 0.0573. The van der Waals surface area contributed by atoms with Crippen molar-refractivity contribution in [1.29, 1.82) is 0 Å². The summed E-state index contributed by atoms with van der Waals surface area (Å²) in [5, 5.41) is 2.90. The molecule has 0 saturated heterocycles. The Labute approximate surface area is 154 Å². The fourth-order valence-electron chi connectivity index (χ4n) is 2.77. The van der Waals surface area contributed by atoms with Crippen molar-refractivity contribution in [3.63, 3.8) is 0 Å².